The van der Waals surface area contributed by atoms with Gasteiger partial charge in [0, 0.05) is 32.4 Å². The maximum atomic E-state index is 13.1. The second-order valence-electron chi connectivity index (χ2n) is 7.12. The van der Waals surface area contributed by atoms with Gasteiger partial charge in [0.25, 0.3) is 5.91 Å². The smallest absolute Gasteiger partial charge is 0.417 e. The molecule has 12 heteroatoms. The molecule has 1 aliphatic heterocycles. The highest BCUT2D eigenvalue weighted by atomic mass is 35.5. The Morgan fingerprint density at radius 2 is 2.03 bits per heavy atom. The van der Waals surface area contributed by atoms with Gasteiger partial charge in [-0.25, -0.2) is 4.98 Å². The number of nitrogens with zero attached hydrogens (tertiary/aromatic N) is 3. The summed E-state index contributed by atoms with van der Waals surface area (Å²) in [5.41, 5.74) is -0.913. The molecule has 0 aromatic carbocycles. The van der Waals surface area contributed by atoms with Crippen LogP contribution in [-0.2, 0) is 11.0 Å². The van der Waals surface area contributed by atoms with Crippen molar-refractivity contribution in [2.75, 3.05) is 43.1 Å². The average molecular weight is 491 g/mol. The number of pyridine rings is 1. The predicted molar refractivity (Wildman–Crippen MR) is 116 cm³/mol. The zero-order chi connectivity index (χ0) is 23.3. The SMILES string of the molecule is CSCC[C@H](NC(=O)c1ccco1)C(=O)N1CCN(c2ncc(C(F)(F)F)cc2Cl)CC1. The van der Waals surface area contributed by atoms with Crippen LogP contribution in [0.15, 0.2) is 35.1 Å². The van der Waals surface area contributed by atoms with Crippen LogP contribution in [0.5, 0.6) is 0 Å². The summed E-state index contributed by atoms with van der Waals surface area (Å²) < 4.78 is 43.6. The number of amides is 2. The lowest BCUT2D eigenvalue weighted by Gasteiger charge is -2.37. The van der Waals surface area contributed by atoms with Crippen LogP contribution in [-0.4, -0.2) is 65.9 Å². The van der Waals surface area contributed by atoms with Crippen molar-refractivity contribution in [2.45, 2.75) is 18.6 Å². The Balaban J connectivity index is 1.63. The third kappa shape index (κ3) is 5.89. The van der Waals surface area contributed by atoms with E-state index < -0.39 is 23.7 Å². The highest BCUT2D eigenvalue weighted by Crippen LogP contribution is 2.33. The second kappa shape index (κ2) is 10.5. The molecule has 174 valence electrons. The fourth-order valence-corrected chi connectivity index (χ4v) is 4.06. The molecule has 3 rings (SSSR count). The van der Waals surface area contributed by atoms with Crippen molar-refractivity contribution in [1.82, 2.24) is 15.2 Å². The number of carbonyl (C=O) groups is 2. The molecule has 0 saturated carbocycles. The Hall–Kier alpha value is -2.40. The normalized spacial score (nSPS) is 15.5. The Labute approximate surface area is 192 Å². The van der Waals surface area contributed by atoms with E-state index in [1.54, 1.807) is 27.6 Å². The summed E-state index contributed by atoms with van der Waals surface area (Å²) in [4.78, 5) is 32.7. The van der Waals surface area contributed by atoms with E-state index in [0.29, 0.717) is 38.4 Å². The lowest BCUT2D eigenvalue weighted by Crippen LogP contribution is -2.55. The van der Waals surface area contributed by atoms with Crippen LogP contribution < -0.4 is 10.2 Å². The first-order chi connectivity index (χ1) is 15.2. The van der Waals surface area contributed by atoms with E-state index >= 15 is 0 Å². The Bertz CT molecular complexity index is 935. The van der Waals surface area contributed by atoms with E-state index in [0.717, 1.165) is 12.3 Å². The number of alkyl halides is 3. The molecule has 2 aromatic heterocycles. The van der Waals surface area contributed by atoms with E-state index in [2.05, 4.69) is 10.3 Å². The maximum absolute atomic E-state index is 13.1. The highest BCUT2D eigenvalue weighted by molar-refractivity contribution is 7.98. The Kier molecular flexibility index (Phi) is 7.94. The van der Waals surface area contributed by atoms with Crippen LogP contribution in [0.2, 0.25) is 5.02 Å². The highest BCUT2D eigenvalue weighted by Gasteiger charge is 2.33. The summed E-state index contributed by atoms with van der Waals surface area (Å²) in [6, 6.07) is 3.25. The minimum Gasteiger partial charge on any atom is -0.459 e. The summed E-state index contributed by atoms with van der Waals surface area (Å²) in [7, 11) is 0. The number of rotatable bonds is 7. The average Bonchev–Trinajstić information content (AvgIpc) is 3.30. The summed E-state index contributed by atoms with van der Waals surface area (Å²) in [6.07, 6.45) is -0.0187. The summed E-state index contributed by atoms with van der Waals surface area (Å²) >= 11 is 7.60. The van der Waals surface area contributed by atoms with Crippen LogP contribution in [0, 0.1) is 0 Å². The standard InChI is InChI=1S/C20H22ClF3N4O3S/c1-32-10-4-15(26-18(29)16-3-2-9-31-16)19(30)28-7-5-27(6-8-28)17-14(21)11-13(12-25-17)20(22,23)24/h2-3,9,11-12,15H,4-8,10H2,1H3,(H,26,29)/t15-/m0/s1. The van der Waals surface area contributed by atoms with Crippen molar-refractivity contribution in [3.8, 4) is 0 Å². The summed E-state index contributed by atoms with van der Waals surface area (Å²) in [5, 5.41) is 2.64. The van der Waals surface area contributed by atoms with Crippen LogP contribution >= 0.6 is 23.4 Å². The number of carbonyl (C=O) groups excluding carboxylic acids is 2. The quantitative estimate of drug-likeness (QED) is 0.639. The molecule has 1 saturated heterocycles. The van der Waals surface area contributed by atoms with Gasteiger partial charge >= 0.3 is 6.18 Å². The Morgan fingerprint density at radius 1 is 1.31 bits per heavy atom. The first kappa shape index (κ1) is 24.2. The van der Waals surface area contributed by atoms with Gasteiger partial charge in [-0.15, -0.1) is 0 Å². The maximum Gasteiger partial charge on any atom is 0.417 e. The van der Waals surface area contributed by atoms with Gasteiger partial charge in [0.15, 0.2) is 5.76 Å². The monoisotopic (exact) mass is 490 g/mol. The number of furan rings is 1. The van der Waals surface area contributed by atoms with Gasteiger partial charge < -0.3 is 19.5 Å². The second-order valence-corrected chi connectivity index (χ2v) is 8.52. The molecule has 1 fully saturated rings. The molecule has 1 N–H and O–H groups in total. The van der Waals surface area contributed by atoms with Gasteiger partial charge in [-0.05, 0) is 36.6 Å². The van der Waals surface area contributed by atoms with E-state index in [-0.39, 0.29) is 22.5 Å². The minimum absolute atomic E-state index is 0.0943. The molecule has 1 atom stereocenters. The van der Waals surface area contributed by atoms with Crippen LogP contribution in [0.4, 0.5) is 19.0 Å². The lowest BCUT2D eigenvalue weighted by molar-refractivity contribution is -0.138. The van der Waals surface area contributed by atoms with Gasteiger partial charge in [-0.2, -0.15) is 24.9 Å². The summed E-state index contributed by atoms with van der Waals surface area (Å²) in [5.74, 6) is 0.371. The Morgan fingerprint density at radius 3 is 2.59 bits per heavy atom. The third-order valence-corrected chi connectivity index (χ3v) is 5.92. The van der Waals surface area contributed by atoms with E-state index in [1.807, 2.05) is 6.26 Å². The number of anilines is 1. The van der Waals surface area contributed by atoms with Crippen molar-refractivity contribution < 1.29 is 27.2 Å². The summed E-state index contributed by atoms with van der Waals surface area (Å²) in [6.45, 7) is 1.35. The molecular weight excluding hydrogens is 469 g/mol. The van der Waals surface area contributed by atoms with Gasteiger partial charge in [0.05, 0.1) is 16.8 Å². The van der Waals surface area contributed by atoms with Crippen LogP contribution in [0.1, 0.15) is 22.5 Å². The molecule has 3 heterocycles. The van der Waals surface area contributed by atoms with Gasteiger partial charge in [0.2, 0.25) is 5.91 Å². The molecule has 7 nitrogen and oxygen atoms in total. The van der Waals surface area contributed by atoms with E-state index in [1.165, 1.54) is 12.3 Å². The molecule has 0 unspecified atom stereocenters. The molecule has 32 heavy (non-hydrogen) atoms. The number of hydrogen-bond acceptors (Lipinski definition) is 6. The van der Waals surface area contributed by atoms with Gasteiger partial charge in [-0.1, -0.05) is 11.6 Å². The van der Waals surface area contributed by atoms with Crippen LogP contribution in [0.25, 0.3) is 0 Å². The molecule has 0 spiro atoms. The molecule has 0 aliphatic carbocycles. The zero-order valence-electron chi connectivity index (χ0n) is 17.2. The van der Waals surface area contributed by atoms with Crippen molar-refractivity contribution >= 4 is 41.0 Å². The fraction of sp³-hybridized carbons (Fsp3) is 0.450. The zero-order valence-corrected chi connectivity index (χ0v) is 18.8. The molecule has 2 aromatic rings. The van der Waals surface area contributed by atoms with Crippen molar-refractivity contribution in [3.63, 3.8) is 0 Å². The minimum atomic E-state index is -4.52. The fourth-order valence-electron chi connectivity index (χ4n) is 3.31. The number of hydrogen-bond donors (Lipinski definition) is 1. The topological polar surface area (TPSA) is 78.7 Å². The van der Waals surface area contributed by atoms with Gasteiger partial charge in [-0.3, -0.25) is 9.59 Å². The number of piperazine rings is 1. The van der Waals surface area contributed by atoms with E-state index in [9.17, 15) is 22.8 Å². The van der Waals surface area contributed by atoms with Gasteiger partial charge in [0.1, 0.15) is 11.9 Å². The molecule has 1 aliphatic rings. The number of halogens is 4. The predicted octanol–water partition coefficient (Wildman–Crippen LogP) is 3.55. The molecule has 2 amide bonds. The largest absolute Gasteiger partial charge is 0.459 e. The van der Waals surface area contributed by atoms with Crippen molar-refractivity contribution in [3.05, 3.63) is 47.0 Å². The van der Waals surface area contributed by atoms with E-state index in [4.69, 9.17) is 16.0 Å². The lowest BCUT2D eigenvalue weighted by atomic mass is 10.1. The third-order valence-electron chi connectivity index (χ3n) is 5.00. The molecule has 0 bridgehead atoms. The number of thioether (sulfide) groups is 1. The number of aromatic nitrogens is 1. The molecular formula is C20H22ClF3N4O3S. The van der Waals surface area contributed by atoms with Crippen LogP contribution in [0.3, 0.4) is 0 Å². The molecule has 0 radical (unpaired) electrons. The first-order valence-corrected chi connectivity index (χ1v) is 11.6. The van der Waals surface area contributed by atoms with Crippen molar-refractivity contribution in [1.29, 1.82) is 0 Å². The first-order valence-electron chi connectivity index (χ1n) is 9.80. The van der Waals surface area contributed by atoms with Crippen molar-refractivity contribution in [2.24, 2.45) is 0 Å². The number of nitrogens with one attached hydrogen (secondary N) is 1.